The van der Waals surface area contributed by atoms with Crippen molar-refractivity contribution in [1.82, 2.24) is 4.31 Å². The van der Waals surface area contributed by atoms with Gasteiger partial charge < -0.3 is 9.84 Å². The molecule has 3 rings (SSSR count). The molecule has 4 nitrogen and oxygen atoms in total. The molecule has 0 aliphatic heterocycles. The van der Waals surface area contributed by atoms with E-state index in [9.17, 15) is 9.90 Å². The first kappa shape index (κ1) is 22.1. The highest BCUT2D eigenvalue weighted by Crippen LogP contribution is 2.41. The number of hydrogen-bond acceptors (Lipinski definition) is 5. The molecule has 3 aromatic carbocycles. The molecule has 5 heteroatoms. The van der Waals surface area contributed by atoms with Crippen molar-refractivity contribution in [2.75, 3.05) is 13.1 Å². The molecule has 0 bridgehead atoms. The van der Waals surface area contributed by atoms with Crippen LogP contribution in [0.15, 0.2) is 91.0 Å². The molecular weight excluding hydrogens is 394 g/mol. The van der Waals surface area contributed by atoms with Crippen LogP contribution in [0, 0.1) is 0 Å². The van der Waals surface area contributed by atoms with Gasteiger partial charge in [-0.2, -0.15) is 0 Å². The standard InChI is InChI=1S/C25H27NO3S/c1-3-26(4-2)30-24(28)23(27)29-25(20-14-8-5-9-15-20,21-16-10-6-11-17-21)22-18-12-7-13-19-22/h5-19,24,28H,3-4H2,1-2H3. The van der Waals surface area contributed by atoms with Crippen LogP contribution in [0.3, 0.4) is 0 Å². The lowest BCUT2D eigenvalue weighted by molar-refractivity contribution is -0.158. The number of aliphatic hydroxyl groups is 1. The van der Waals surface area contributed by atoms with Crippen molar-refractivity contribution in [3.05, 3.63) is 108 Å². The van der Waals surface area contributed by atoms with Crippen LogP contribution < -0.4 is 0 Å². The molecule has 0 fully saturated rings. The number of ether oxygens (including phenoxy) is 1. The van der Waals surface area contributed by atoms with Gasteiger partial charge in [-0.1, -0.05) is 105 Å². The summed E-state index contributed by atoms with van der Waals surface area (Å²) in [4.78, 5) is 13.1. The minimum Gasteiger partial charge on any atom is -0.442 e. The van der Waals surface area contributed by atoms with Crippen molar-refractivity contribution in [3.63, 3.8) is 0 Å². The molecule has 0 spiro atoms. The summed E-state index contributed by atoms with van der Waals surface area (Å²) in [6.45, 7) is 5.40. The Morgan fingerprint density at radius 2 is 1.20 bits per heavy atom. The van der Waals surface area contributed by atoms with Gasteiger partial charge in [-0.25, -0.2) is 9.10 Å². The van der Waals surface area contributed by atoms with Gasteiger partial charge in [-0.15, -0.1) is 0 Å². The molecule has 156 valence electrons. The highest BCUT2D eigenvalue weighted by Gasteiger charge is 2.42. The SMILES string of the molecule is CCN(CC)SC(O)C(=O)OC(c1ccccc1)(c1ccccc1)c1ccccc1. The number of aliphatic hydroxyl groups excluding tert-OH is 1. The van der Waals surface area contributed by atoms with E-state index in [1.54, 1.807) is 0 Å². The summed E-state index contributed by atoms with van der Waals surface area (Å²) in [6.07, 6.45) is 0. The summed E-state index contributed by atoms with van der Waals surface area (Å²) in [6, 6.07) is 29.0. The maximum absolute atomic E-state index is 13.1. The second-order valence-corrected chi connectivity index (χ2v) is 7.95. The molecular formula is C25H27NO3S. The molecule has 30 heavy (non-hydrogen) atoms. The van der Waals surface area contributed by atoms with Gasteiger partial charge in [0.15, 0.2) is 5.60 Å². The fourth-order valence-electron chi connectivity index (χ4n) is 3.45. The van der Waals surface area contributed by atoms with Crippen LogP contribution in [0.25, 0.3) is 0 Å². The molecule has 0 aromatic heterocycles. The van der Waals surface area contributed by atoms with Gasteiger partial charge in [0.2, 0.25) is 5.44 Å². The Morgan fingerprint density at radius 3 is 1.53 bits per heavy atom. The predicted molar refractivity (Wildman–Crippen MR) is 122 cm³/mol. The molecule has 1 N–H and O–H groups in total. The number of benzene rings is 3. The van der Waals surface area contributed by atoms with E-state index < -0.39 is 17.0 Å². The fraction of sp³-hybridized carbons (Fsp3) is 0.240. The van der Waals surface area contributed by atoms with Crippen molar-refractivity contribution in [2.45, 2.75) is 24.9 Å². The second kappa shape index (κ2) is 10.4. The second-order valence-electron chi connectivity index (χ2n) is 6.77. The maximum Gasteiger partial charge on any atom is 0.348 e. The van der Waals surface area contributed by atoms with E-state index >= 15 is 0 Å². The van der Waals surface area contributed by atoms with Gasteiger partial charge in [0.05, 0.1) is 0 Å². The average molecular weight is 422 g/mol. The highest BCUT2D eigenvalue weighted by atomic mass is 32.2. The number of hydrogen-bond donors (Lipinski definition) is 1. The molecule has 0 heterocycles. The Labute approximate surface area is 182 Å². The van der Waals surface area contributed by atoms with Crippen LogP contribution in [-0.2, 0) is 15.1 Å². The van der Waals surface area contributed by atoms with Crippen molar-refractivity contribution in [3.8, 4) is 0 Å². The summed E-state index contributed by atoms with van der Waals surface area (Å²) in [5.74, 6) is -0.677. The van der Waals surface area contributed by atoms with Crippen molar-refractivity contribution in [2.24, 2.45) is 0 Å². The zero-order valence-corrected chi connectivity index (χ0v) is 18.1. The zero-order chi connectivity index (χ0) is 21.4. The van der Waals surface area contributed by atoms with Gasteiger partial charge in [-0.05, 0) is 11.9 Å². The van der Waals surface area contributed by atoms with Crippen molar-refractivity contribution >= 4 is 17.9 Å². The quantitative estimate of drug-likeness (QED) is 0.232. The average Bonchev–Trinajstić information content (AvgIpc) is 2.82. The van der Waals surface area contributed by atoms with E-state index in [1.807, 2.05) is 109 Å². The van der Waals surface area contributed by atoms with Crippen LogP contribution in [0.2, 0.25) is 0 Å². The summed E-state index contributed by atoms with van der Waals surface area (Å²) in [7, 11) is 0. The van der Waals surface area contributed by atoms with Gasteiger partial charge in [0.25, 0.3) is 0 Å². The first-order valence-electron chi connectivity index (χ1n) is 10.1. The molecule has 0 radical (unpaired) electrons. The smallest absolute Gasteiger partial charge is 0.348 e. The third kappa shape index (κ3) is 4.75. The number of rotatable bonds is 9. The topological polar surface area (TPSA) is 49.8 Å². The van der Waals surface area contributed by atoms with Crippen LogP contribution in [-0.4, -0.2) is 33.9 Å². The molecule has 0 saturated carbocycles. The lowest BCUT2D eigenvalue weighted by Crippen LogP contribution is -2.39. The van der Waals surface area contributed by atoms with Gasteiger partial charge in [-0.3, -0.25) is 0 Å². The molecule has 3 aromatic rings. The van der Waals surface area contributed by atoms with E-state index in [1.165, 1.54) is 0 Å². The maximum atomic E-state index is 13.1. The Morgan fingerprint density at radius 1 is 0.833 bits per heavy atom. The summed E-state index contributed by atoms with van der Waals surface area (Å²) in [5, 5.41) is 10.6. The Balaban J connectivity index is 2.11. The zero-order valence-electron chi connectivity index (χ0n) is 17.3. The molecule has 1 unspecified atom stereocenters. The van der Waals surface area contributed by atoms with E-state index in [-0.39, 0.29) is 0 Å². The first-order chi connectivity index (χ1) is 14.6. The summed E-state index contributed by atoms with van der Waals surface area (Å²) < 4.78 is 8.13. The molecule has 1 atom stereocenters. The van der Waals surface area contributed by atoms with E-state index in [4.69, 9.17) is 4.74 Å². The molecule has 0 amide bonds. The van der Waals surface area contributed by atoms with Crippen LogP contribution >= 0.6 is 11.9 Å². The number of nitrogens with zero attached hydrogens (tertiary/aromatic N) is 1. The number of carbonyl (C=O) groups excluding carboxylic acids is 1. The largest absolute Gasteiger partial charge is 0.442 e. The Hall–Kier alpha value is -2.60. The van der Waals surface area contributed by atoms with E-state index in [0.29, 0.717) is 13.1 Å². The Bertz CT molecular complexity index is 818. The Kier molecular flexibility index (Phi) is 7.69. The molecule has 0 aliphatic rings. The highest BCUT2D eigenvalue weighted by molar-refractivity contribution is 7.98. The summed E-state index contributed by atoms with van der Waals surface area (Å²) in [5.41, 5.74) is -0.0474. The molecule has 0 aliphatic carbocycles. The van der Waals surface area contributed by atoms with Crippen LogP contribution in [0.5, 0.6) is 0 Å². The van der Waals surface area contributed by atoms with Crippen molar-refractivity contribution in [1.29, 1.82) is 0 Å². The van der Waals surface area contributed by atoms with E-state index in [2.05, 4.69) is 0 Å². The normalized spacial score (nSPS) is 12.5. The minimum absolute atomic E-state index is 0.677. The third-order valence-corrected chi connectivity index (χ3v) is 6.16. The molecule has 0 saturated heterocycles. The van der Waals surface area contributed by atoms with Gasteiger partial charge in [0, 0.05) is 29.8 Å². The number of carbonyl (C=O) groups is 1. The van der Waals surface area contributed by atoms with Crippen molar-refractivity contribution < 1.29 is 14.6 Å². The minimum atomic E-state index is -1.32. The monoisotopic (exact) mass is 421 g/mol. The number of esters is 1. The van der Waals surface area contributed by atoms with E-state index in [0.717, 1.165) is 28.6 Å². The lowest BCUT2D eigenvalue weighted by atomic mass is 9.80. The van der Waals surface area contributed by atoms with Gasteiger partial charge in [0.1, 0.15) is 0 Å². The summed E-state index contributed by atoms with van der Waals surface area (Å²) >= 11 is 1.09. The van der Waals surface area contributed by atoms with Crippen LogP contribution in [0.1, 0.15) is 30.5 Å². The first-order valence-corrected chi connectivity index (χ1v) is 10.9. The third-order valence-electron chi connectivity index (χ3n) is 4.95. The fourth-order valence-corrected chi connectivity index (χ4v) is 4.17. The lowest BCUT2D eigenvalue weighted by Gasteiger charge is -2.36. The predicted octanol–water partition coefficient (Wildman–Crippen LogP) is 4.83. The van der Waals surface area contributed by atoms with Gasteiger partial charge >= 0.3 is 5.97 Å². The van der Waals surface area contributed by atoms with Crippen LogP contribution in [0.4, 0.5) is 0 Å².